The smallest absolute Gasteiger partial charge is 0.170 e. The van der Waals surface area contributed by atoms with Crippen molar-refractivity contribution in [2.75, 3.05) is 26.4 Å². The lowest BCUT2D eigenvalue weighted by Crippen LogP contribution is -2.35. The molecule has 2 saturated heterocycles. The number of thioether (sulfide) groups is 1. The molecule has 0 unspecified atom stereocenters. The quantitative estimate of drug-likeness (QED) is 0.706. The van der Waals surface area contributed by atoms with Gasteiger partial charge in [-0.05, 0) is 5.41 Å². The molecule has 0 amide bonds. The topological polar surface area (TPSA) is 36.9 Å². The highest BCUT2D eigenvalue weighted by atomic mass is 32.2. The molecule has 3 heterocycles. The molecule has 0 aliphatic carbocycles. The van der Waals surface area contributed by atoms with Crippen LogP contribution in [-0.4, -0.2) is 44.3 Å². The molecule has 84 valence electrons. The van der Waals surface area contributed by atoms with Crippen LogP contribution in [0.5, 0.6) is 0 Å². The van der Waals surface area contributed by atoms with E-state index in [4.69, 9.17) is 18.9 Å². The van der Waals surface area contributed by atoms with Gasteiger partial charge in [-0.15, -0.1) is 11.8 Å². The first-order valence-electron chi connectivity index (χ1n) is 5.24. The van der Waals surface area contributed by atoms with E-state index >= 15 is 0 Å². The Kier molecular flexibility index (Phi) is 2.98. The van der Waals surface area contributed by atoms with E-state index in [0.29, 0.717) is 26.4 Å². The molecular weight excluding hydrogens is 216 g/mol. The van der Waals surface area contributed by atoms with E-state index in [-0.39, 0.29) is 23.7 Å². The van der Waals surface area contributed by atoms with Crippen LogP contribution in [0.15, 0.2) is 11.5 Å². The van der Waals surface area contributed by atoms with Crippen LogP contribution in [-0.2, 0) is 18.9 Å². The van der Waals surface area contributed by atoms with E-state index < -0.39 is 0 Å². The lowest BCUT2D eigenvalue weighted by molar-refractivity contribution is -0.104. The predicted molar refractivity (Wildman–Crippen MR) is 55.4 cm³/mol. The molecule has 0 radical (unpaired) electrons. The first-order valence-corrected chi connectivity index (χ1v) is 6.18. The van der Waals surface area contributed by atoms with Gasteiger partial charge in [-0.3, -0.25) is 0 Å². The molecule has 0 bridgehead atoms. The Morgan fingerprint density at radius 2 is 1.47 bits per heavy atom. The van der Waals surface area contributed by atoms with Crippen molar-refractivity contribution >= 4 is 11.8 Å². The molecule has 3 aliphatic heterocycles. The van der Waals surface area contributed by atoms with Gasteiger partial charge >= 0.3 is 0 Å². The van der Waals surface area contributed by atoms with E-state index in [0.717, 1.165) is 0 Å². The van der Waals surface area contributed by atoms with Crippen LogP contribution in [0.2, 0.25) is 0 Å². The summed E-state index contributed by atoms with van der Waals surface area (Å²) in [6.45, 7) is 2.78. The van der Waals surface area contributed by atoms with Gasteiger partial charge < -0.3 is 18.9 Å². The van der Waals surface area contributed by atoms with Crippen molar-refractivity contribution in [1.29, 1.82) is 0 Å². The molecule has 4 nitrogen and oxygen atoms in total. The summed E-state index contributed by atoms with van der Waals surface area (Å²) in [4.78, 5) is 0. The van der Waals surface area contributed by atoms with Crippen molar-refractivity contribution in [3.8, 4) is 0 Å². The predicted octanol–water partition coefficient (Wildman–Crippen LogP) is 0.977. The zero-order chi connectivity index (χ0) is 10.1. The fourth-order valence-electron chi connectivity index (χ4n) is 2.08. The maximum Gasteiger partial charge on any atom is 0.170 e. The van der Waals surface area contributed by atoms with Crippen LogP contribution in [0, 0.1) is 5.92 Å². The standard InChI is InChI=1S/C10H14O4S/c1-6-15-8(10-13-4-5-14-10)7(1)9-11-2-3-12-9/h1,6-10H,2-5H2/t7-,8+/m0/s1. The van der Waals surface area contributed by atoms with Crippen LogP contribution in [0.1, 0.15) is 0 Å². The van der Waals surface area contributed by atoms with E-state index in [1.165, 1.54) is 0 Å². The lowest BCUT2D eigenvalue weighted by Gasteiger charge is -2.26. The zero-order valence-corrected chi connectivity index (χ0v) is 9.15. The highest BCUT2D eigenvalue weighted by Crippen LogP contribution is 2.38. The summed E-state index contributed by atoms with van der Waals surface area (Å²) in [5.41, 5.74) is 0. The number of ether oxygens (including phenoxy) is 4. The van der Waals surface area contributed by atoms with Gasteiger partial charge in [0.05, 0.1) is 31.7 Å². The average Bonchev–Trinajstić information content (AvgIpc) is 3.01. The Morgan fingerprint density at radius 1 is 0.867 bits per heavy atom. The largest absolute Gasteiger partial charge is 0.350 e. The van der Waals surface area contributed by atoms with Crippen LogP contribution in [0.3, 0.4) is 0 Å². The van der Waals surface area contributed by atoms with Gasteiger partial charge in [0.2, 0.25) is 0 Å². The number of rotatable bonds is 2. The van der Waals surface area contributed by atoms with Gasteiger partial charge in [-0.1, -0.05) is 6.08 Å². The molecular formula is C10H14O4S. The van der Waals surface area contributed by atoms with E-state index in [1.807, 2.05) is 0 Å². The summed E-state index contributed by atoms with van der Waals surface area (Å²) in [5.74, 6) is 0.251. The van der Waals surface area contributed by atoms with Crippen molar-refractivity contribution in [2.24, 2.45) is 5.92 Å². The lowest BCUT2D eigenvalue weighted by atomic mass is 10.0. The molecule has 0 aromatic carbocycles. The minimum atomic E-state index is -0.117. The van der Waals surface area contributed by atoms with Crippen molar-refractivity contribution in [3.05, 3.63) is 11.5 Å². The minimum Gasteiger partial charge on any atom is -0.350 e. The van der Waals surface area contributed by atoms with Gasteiger partial charge in [0.15, 0.2) is 12.6 Å². The summed E-state index contributed by atoms with van der Waals surface area (Å²) in [6.07, 6.45) is 1.91. The third-order valence-electron chi connectivity index (χ3n) is 2.79. The van der Waals surface area contributed by atoms with Crippen LogP contribution < -0.4 is 0 Å². The van der Waals surface area contributed by atoms with Crippen LogP contribution >= 0.6 is 11.8 Å². The van der Waals surface area contributed by atoms with Gasteiger partial charge in [0, 0.05) is 5.92 Å². The Balaban J connectivity index is 1.67. The zero-order valence-electron chi connectivity index (χ0n) is 8.33. The molecule has 3 aliphatic rings. The van der Waals surface area contributed by atoms with E-state index in [1.54, 1.807) is 11.8 Å². The fraction of sp³-hybridized carbons (Fsp3) is 0.800. The summed E-state index contributed by atoms with van der Waals surface area (Å²) in [6, 6.07) is 0. The van der Waals surface area contributed by atoms with Crippen LogP contribution in [0.25, 0.3) is 0 Å². The number of hydrogen-bond donors (Lipinski definition) is 0. The highest BCUT2D eigenvalue weighted by Gasteiger charge is 2.41. The monoisotopic (exact) mass is 230 g/mol. The maximum absolute atomic E-state index is 5.53. The molecule has 5 heteroatoms. The van der Waals surface area contributed by atoms with Gasteiger partial charge in [-0.25, -0.2) is 0 Å². The molecule has 15 heavy (non-hydrogen) atoms. The second-order valence-electron chi connectivity index (χ2n) is 3.73. The summed E-state index contributed by atoms with van der Waals surface area (Å²) in [7, 11) is 0. The first kappa shape index (κ1) is 10.1. The summed E-state index contributed by atoms with van der Waals surface area (Å²) >= 11 is 1.74. The molecule has 2 atom stereocenters. The van der Waals surface area contributed by atoms with Crippen LogP contribution in [0.4, 0.5) is 0 Å². The first-order chi connectivity index (χ1) is 7.45. The van der Waals surface area contributed by atoms with Crippen molar-refractivity contribution in [1.82, 2.24) is 0 Å². The van der Waals surface area contributed by atoms with Crippen molar-refractivity contribution in [3.63, 3.8) is 0 Å². The molecule has 0 N–H and O–H groups in total. The SMILES string of the molecule is C1=C[C@H](C2OCCO2)[C@H](C2OCCO2)S1. The van der Waals surface area contributed by atoms with E-state index in [2.05, 4.69) is 11.5 Å². The maximum atomic E-state index is 5.53. The Bertz CT molecular complexity index is 246. The Hall–Kier alpha value is -0.0700. The molecule has 0 spiro atoms. The molecule has 0 saturated carbocycles. The highest BCUT2D eigenvalue weighted by molar-refractivity contribution is 8.03. The Labute approximate surface area is 92.9 Å². The summed E-state index contributed by atoms with van der Waals surface area (Å²) < 4.78 is 22.1. The molecule has 2 fully saturated rings. The third-order valence-corrected chi connectivity index (χ3v) is 3.96. The average molecular weight is 230 g/mol. The summed E-state index contributed by atoms with van der Waals surface area (Å²) in [5, 5.41) is 2.36. The fourth-order valence-corrected chi connectivity index (χ4v) is 3.22. The Morgan fingerprint density at radius 3 is 2.13 bits per heavy atom. The van der Waals surface area contributed by atoms with Crippen molar-refractivity contribution in [2.45, 2.75) is 17.8 Å². The van der Waals surface area contributed by atoms with Gasteiger partial charge in [0.25, 0.3) is 0 Å². The van der Waals surface area contributed by atoms with Crippen molar-refractivity contribution < 1.29 is 18.9 Å². The number of hydrogen-bond acceptors (Lipinski definition) is 5. The second-order valence-corrected chi connectivity index (χ2v) is 4.82. The molecule has 0 aromatic rings. The third kappa shape index (κ3) is 1.94. The molecule has 3 rings (SSSR count). The normalized spacial score (nSPS) is 38.1. The van der Waals surface area contributed by atoms with E-state index in [9.17, 15) is 0 Å². The molecule has 0 aromatic heterocycles. The second kappa shape index (κ2) is 4.43. The van der Waals surface area contributed by atoms with Gasteiger partial charge in [-0.2, -0.15) is 0 Å². The van der Waals surface area contributed by atoms with Gasteiger partial charge in [0.1, 0.15) is 0 Å². The minimum absolute atomic E-state index is 0.109.